The van der Waals surface area contributed by atoms with Crippen LogP contribution in [0.5, 0.6) is 11.8 Å². The zero-order valence-corrected chi connectivity index (χ0v) is 12.7. The van der Waals surface area contributed by atoms with Crippen LogP contribution in [0.15, 0.2) is 24.5 Å². The fraction of sp³-hybridized carbons (Fsp3) is 0.0909. The SMILES string of the molecule is Clc1cc(Cl)c(Oc2ncc(CBr)cn2)cc1Cl. The van der Waals surface area contributed by atoms with Gasteiger partial charge in [0.25, 0.3) is 0 Å². The molecule has 7 heteroatoms. The second-order valence-corrected chi connectivity index (χ2v) is 5.09. The molecule has 0 saturated heterocycles. The maximum atomic E-state index is 5.98. The van der Waals surface area contributed by atoms with Gasteiger partial charge in [0.2, 0.25) is 0 Å². The number of hydrogen-bond acceptors (Lipinski definition) is 3. The molecule has 18 heavy (non-hydrogen) atoms. The van der Waals surface area contributed by atoms with E-state index >= 15 is 0 Å². The van der Waals surface area contributed by atoms with Crippen molar-refractivity contribution in [2.24, 2.45) is 0 Å². The van der Waals surface area contributed by atoms with Gasteiger partial charge in [-0.1, -0.05) is 50.7 Å². The highest BCUT2D eigenvalue weighted by Gasteiger charge is 2.09. The second kappa shape index (κ2) is 6.06. The van der Waals surface area contributed by atoms with E-state index in [4.69, 9.17) is 39.5 Å². The highest BCUT2D eigenvalue weighted by molar-refractivity contribution is 9.08. The fourth-order valence-electron chi connectivity index (χ4n) is 1.15. The Morgan fingerprint density at radius 1 is 1.00 bits per heavy atom. The molecule has 0 radical (unpaired) electrons. The molecule has 0 spiro atoms. The number of aromatic nitrogens is 2. The minimum Gasteiger partial charge on any atom is -0.423 e. The Kier molecular flexibility index (Phi) is 4.67. The molecule has 0 bridgehead atoms. The standard InChI is InChI=1S/C11H6BrCl3N2O/c12-3-6-4-16-11(17-5-6)18-10-2-8(14)7(13)1-9(10)15/h1-2,4-5H,3H2. The second-order valence-electron chi connectivity index (χ2n) is 3.31. The molecule has 0 saturated carbocycles. The number of nitrogens with zero attached hydrogens (tertiary/aromatic N) is 2. The maximum Gasteiger partial charge on any atom is 0.321 e. The molecule has 1 heterocycles. The minimum absolute atomic E-state index is 0.194. The average Bonchev–Trinajstić information content (AvgIpc) is 2.37. The summed E-state index contributed by atoms with van der Waals surface area (Å²) in [5.41, 5.74) is 0.947. The van der Waals surface area contributed by atoms with Crippen LogP contribution in [0.2, 0.25) is 15.1 Å². The van der Waals surface area contributed by atoms with Crippen molar-refractivity contribution in [3.63, 3.8) is 0 Å². The van der Waals surface area contributed by atoms with E-state index in [9.17, 15) is 0 Å². The van der Waals surface area contributed by atoms with E-state index in [1.165, 1.54) is 12.1 Å². The van der Waals surface area contributed by atoms with Crippen molar-refractivity contribution in [1.29, 1.82) is 0 Å². The molecule has 2 rings (SSSR count). The molecule has 0 aliphatic heterocycles. The lowest BCUT2D eigenvalue weighted by Crippen LogP contribution is -1.93. The van der Waals surface area contributed by atoms with E-state index in [0.717, 1.165) is 5.56 Å². The summed E-state index contributed by atoms with van der Waals surface area (Å²) >= 11 is 21.0. The Hall–Kier alpha value is -0.550. The number of hydrogen-bond donors (Lipinski definition) is 0. The Morgan fingerprint density at radius 2 is 1.61 bits per heavy atom. The summed E-state index contributed by atoms with van der Waals surface area (Å²) in [4.78, 5) is 8.08. The van der Waals surface area contributed by atoms with Crippen molar-refractivity contribution in [2.75, 3.05) is 0 Å². The molecule has 1 aromatic heterocycles. The van der Waals surface area contributed by atoms with Gasteiger partial charge in [0.1, 0.15) is 0 Å². The molecule has 0 aliphatic carbocycles. The van der Waals surface area contributed by atoms with Crippen LogP contribution in [0.4, 0.5) is 0 Å². The van der Waals surface area contributed by atoms with Gasteiger partial charge in [-0.05, 0) is 11.6 Å². The third-order valence-corrected chi connectivity index (χ3v) is 3.68. The smallest absolute Gasteiger partial charge is 0.321 e. The molecule has 2 aromatic rings. The van der Waals surface area contributed by atoms with Crippen molar-refractivity contribution in [2.45, 2.75) is 5.33 Å². The van der Waals surface area contributed by atoms with Crippen molar-refractivity contribution in [3.8, 4) is 11.8 Å². The van der Waals surface area contributed by atoms with E-state index in [1.54, 1.807) is 12.4 Å². The van der Waals surface area contributed by atoms with Gasteiger partial charge >= 0.3 is 6.01 Å². The van der Waals surface area contributed by atoms with Crippen LogP contribution in [0, 0.1) is 0 Å². The van der Waals surface area contributed by atoms with Crippen molar-refractivity contribution in [1.82, 2.24) is 9.97 Å². The zero-order valence-electron chi connectivity index (χ0n) is 8.83. The van der Waals surface area contributed by atoms with Gasteiger partial charge in [-0.2, -0.15) is 0 Å². The number of halogens is 4. The molecule has 0 unspecified atom stereocenters. The summed E-state index contributed by atoms with van der Waals surface area (Å²) in [6.45, 7) is 0. The molecule has 0 atom stereocenters. The van der Waals surface area contributed by atoms with Gasteiger partial charge in [-0.15, -0.1) is 0 Å². The molecular formula is C11H6BrCl3N2O. The van der Waals surface area contributed by atoms with Crippen molar-refractivity contribution >= 4 is 50.7 Å². The topological polar surface area (TPSA) is 35.0 Å². The summed E-state index contributed by atoms with van der Waals surface area (Å²) in [6, 6.07) is 3.22. The van der Waals surface area contributed by atoms with Gasteiger partial charge in [0, 0.05) is 23.8 Å². The summed E-state index contributed by atoms with van der Waals surface area (Å²) in [6.07, 6.45) is 3.31. The van der Waals surface area contributed by atoms with Crippen LogP contribution in [0.1, 0.15) is 5.56 Å². The average molecular weight is 368 g/mol. The van der Waals surface area contributed by atoms with E-state index in [1.807, 2.05) is 0 Å². The van der Waals surface area contributed by atoms with Gasteiger partial charge in [0.05, 0.1) is 15.1 Å². The first-order valence-corrected chi connectivity index (χ1v) is 7.05. The van der Waals surface area contributed by atoms with Gasteiger partial charge in [-0.3, -0.25) is 0 Å². The maximum absolute atomic E-state index is 5.98. The number of alkyl halides is 1. The number of rotatable bonds is 3. The van der Waals surface area contributed by atoms with Crippen LogP contribution >= 0.6 is 50.7 Å². The van der Waals surface area contributed by atoms with E-state index in [0.29, 0.717) is 26.1 Å². The van der Waals surface area contributed by atoms with Gasteiger partial charge in [-0.25, -0.2) is 9.97 Å². The lowest BCUT2D eigenvalue weighted by atomic mass is 10.3. The van der Waals surface area contributed by atoms with Crippen molar-refractivity contribution < 1.29 is 4.74 Å². The summed E-state index contributed by atoms with van der Waals surface area (Å²) in [7, 11) is 0. The Labute approximate surface area is 127 Å². The van der Waals surface area contributed by atoms with E-state index in [-0.39, 0.29) is 6.01 Å². The lowest BCUT2D eigenvalue weighted by molar-refractivity contribution is 0.441. The molecule has 0 N–H and O–H groups in total. The molecule has 94 valence electrons. The third-order valence-electron chi connectivity index (χ3n) is 2.01. The van der Waals surface area contributed by atoms with Gasteiger partial charge in [0.15, 0.2) is 5.75 Å². The summed E-state index contributed by atoms with van der Waals surface area (Å²) in [5, 5.41) is 1.75. The predicted molar refractivity (Wildman–Crippen MR) is 76.2 cm³/mol. The molecule has 0 fully saturated rings. The largest absolute Gasteiger partial charge is 0.423 e. The van der Waals surface area contributed by atoms with Crippen molar-refractivity contribution in [3.05, 3.63) is 45.2 Å². The normalized spacial score (nSPS) is 10.4. The van der Waals surface area contributed by atoms with Crippen LogP contribution in [-0.4, -0.2) is 9.97 Å². The first-order valence-electron chi connectivity index (χ1n) is 4.79. The third kappa shape index (κ3) is 3.26. The molecule has 3 nitrogen and oxygen atoms in total. The summed E-state index contributed by atoms with van der Waals surface area (Å²) in [5.74, 6) is 0.359. The molecular weight excluding hydrogens is 362 g/mol. The Morgan fingerprint density at radius 3 is 2.22 bits per heavy atom. The first-order chi connectivity index (χ1) is 8.60. The van der Waals surface area contributed by atoms with Gasteiger partial charge < -0.3 is 4.74 Å². The van der Waals surface area contributed by atoms with E-state index in [2.05, 4.69) is 25.9 Å². The highest BCUT2D eigenvalue weighted by Crippen LogP contribution is 2.35. The van der Waals surface area contributed by atoms with Crippen LogP contribution in [0.3, 0.4) is 0 Å². The molecule has 0 amide bonds. The monoisotopic (exact) mass is 366 g/mol. The number of benzene rings is 1. The highest BCUT2D eigenvalue weighted by atomic mass is 79.9. The quantitative estimate of drug-likeness (QED) is 0.557. The summed E-state index contributed by atoms with van der Waals surface area (Å²) < 4.78 is 5.43. The first kappa shape index (κ1) is 13.9. The van der Waals surface area contributed by atoms with Crippen LogP contribution in [-0.2, 0) is 5.33 Å². The molecule has 0 aliphatic rings. The molecule has 1 aromatic carbocycles. The van der Waals surface area contributed by atoms with Crippen LogP contribution in [0.25, 0.3) is 0 Å². The Balaban J connectivity index is 2.25. The van der Waals surface area contributed by atoms with Crippen LogP contribution < -0.4 is 4.74 Å². The Bertz CT molecular complexity index is 563. The number of ether oxygens (including phenoxy) is 1. The predicted octanol–water partition coefficient (Wildman–Crippen LogP) is 5.12. The zero-order chi connectivity index (χ0) is 13.1. The fourth-order valence-corrected chi connectivity index (χ4v) is 2.01. The van der Waals surface area contributed by atoms with E-state index < -0.39 is 0 Å². The minimum atomic E-state index is 0.194. The lowest BCUT2D eigenvalue weighted by Gasteiger charge is -2.07.